The molecule has 3 nitrogen and oxygen atoms in total. The van der Waals surface area contributed by atoms with Crippen LogP contribution in [0.3, 0.4) is 0 Å². The van der Waals surface area contributed by atoms with Crippen molar-refractivity contribution in [3.8, 4) is 0 Å². The Morgan fingerprint density at radius 3 is 2.43 bits per heavy atom. The predicted octanol–water partition coefficient (Wildman–Crippen LogP) is 3.65. The summed E-state index contributed by atoms with van der Waals surface area (Å²) in [6.07, 6.45) is 1.53. The third-order valence-corrected chi connectivity index (χ3v) is 4.49. The van der Waals surface area contributed by atoms with Gasteiger partial charge in [0.15, 0.2) is 0 Å². The Labute approximate surface area is 124 Å². The van der Waals surface area contributed by atoms with Crippen molar-refractivity contribution >= 4 is 21.8 Å². The number of rotatable bonds is 5. The molecule has 0 aliphatic heterocycles. The Morgan fingerprint density at radius 1 is 1.10 bits per heavy atom. The second kappa shape index (κ2) is 6.54. The number of anilines is 1. The van der Waals surface area contributed by atoms with E-state index in [-0.39, 0.29) is 6.54 Å². The molecule has 0 amide bonds. The van der Waals surface area contributed by atoms with Crippen LogP contribution in [0.1, 0.15) is 12.5 Å². The van der Waals surface area contributed by atoms with Gasteiger partial charge in [0, 0.05) is 6.54 Å². The van der Waals surface area contributed by atoms with E-state index in [1.165, 1.54) is 24.3 Å². The molecule has 5 heteroatoms. The van der Waals surface area contributed by atoms with Crippen LogP contribution in [0.25, 0.3) is 6.08 Å². The number of nitrogens with zero attached hydrogens (tertiary/aromatic N) is 1. The van der Waals surface area contributed by atoms with Gasteiger partial charge in [-0.3, -0.25) is 4.31 Å². The standard InChI is InChI=1S/C16H16FNO2S/c1-2-18(16-10-6-9-15(17)13-16)21(19,20)12-11-14-7-4-3-5-8-14/h3-13H,2H2,1H3/b12-11+. The zero-order chi connectivity index (χ0) is 15.3. The van der Waals surface area contributed by atoms with Gasteiger partial charge < -0.3 is 0 Å². The number of hydrogen-bond donors (Lipinski definition) is 0. The molecular formula is C16H16FNO2S. The molecule has 0 spiro atoms. The molecule has 0 saturated heterocycles. The van der Waals surface area contributed by atoms with Gasteiger partial charge in [-0.25, -0.2) is 12.8 Å². The van der Waals surface area contributed by atoms with E-state index in [0.717, 1.165) is 15.3 Å². The van der Waals surface area contributed by atoms with Gasteiger partial charge in [0.05, 0.1) is 11.1 Å². The Morgan fingerprint density at radius 2 is 1.81 bits per heavy atom. The van der Waals surface area contributed by atoms with Gasteiger partial charge in [-0.1, -0.05) is 36.4 Å². The minimum Gasteiger partial charge on any atom is -0.267 e. The summed E-state index contributed by atoms with van der Waals surface area (Å²) in [4.78, 5) is 0. The molecule has 2 aromatic rings. The third-order valence-electron chi connectivity index (χ3n) is 2.92. The van der Waals surface area contributed by atoms with Crippen molar-refractivity contribution in [2.75, 3.05) is 10.8 Å². The van der Waals surface area contributed by atoms with E-state index in [4.69, 9.17) is 0 Å². The van der Waals surface area contributed by atoms with E-state index in [0.29, 0.717) is 5.69 Å². The zero-order valence-electron chi connectivity index (χ0n) is 11.6. The van der Waals surface area contributed by atoms with Gasteiger partial charge in [-0.2, -0.15) is 0 Å². The maximum Gasteiger partial charge on any atom is 0.257 e. The molecule has 0 atom stereocenters. The van der Waals surface area contributed by atoms with E-state index in [2.05, 4.69) is 0 Å². The van der Waals surface area contributed by atoms with Crippen LogP contribution in [0.4, 0.5) is 10.1 Å². The Kier molecular flexibility index (Phi) is 4.75. The van der Waals surface area contributed by atoms with Gasteiger partial charge in [0.2, 0.25) is 0 Å². The molecule has 0 bridgehead atoms. The Hall–Kier alpha value is -2.14. The molecule has 0 aliphatic rings. The molecule has 2 rings (SSSR count). The summed E-state index contributed by atoms with van der Waals surface area (Å²) in [6.45, 7) is 1.93. The zero-order valence-corrected chi connectivity index (χ0v) is 12.4. The lowest BCUT2D eigenvalue weighted by atomic mass is 10.2. The van der Waals surface area contributed by atoms with Crippen LogP contribution in [0.2, 0.25) is 0 Å². The van der Waals surface area contributed by atoms with E-state index >= 15 is 0 Å². The van der Waals surface area contributed by atoms with E-state index in [1.54, 1.807) is 13.0 Å². The van der Waals surface area contributed by atoms with Crippen LogP contribution in [-0.2, 0) is 10.0 Å². The first-order valence-electron chi connectivity index (χ1n) is 6.54. The van der Waals surface area contributed by atoms with Crippen LogP contribution in [0, 0.1) is 5.82 Å². The second-order valence-corrected chi connectivity index (χ2v) is 6.15. The smallest absolute Gasteiger partial charge is 0.257 e. The van der Waals surface area contributed by atoms with Gasteiger partial charge in [0.1, 0.15) is 5.82 Å². The van der Waals surface area contributed by atoms with E-state index in [9.17, 15) is 12.8 Å². The minimum atomic E-state index is -3.65. The van der Waals surface area contributed by atoms with Crippen molar-refractivity contribution < 1.29 is 12.8 Å². The van der Waals surface area contributed by atoms with Crippen LogP contribution in [0.15, 0.2) is 60.0 Å². The quantitative estimate of drug-likeness (QED) is 0.845. The average Bonchev–Trinajstić information content (AvgIpc) is 2.47. The van der Waals surface area contributed by atoms with Crippen LogP contribution >= 0.6 is 0 Å². The van der Waals surface area contributed by atoms with E-state index in [1.807, 2.05) is 30.3 Å². The summed E-state index contributed by atoms with van der Waals surface area (Å²) in [6, 6.07) is 14.7. The van der Waals surface area contributed by atoms with E-state index < -0.39 is 15.8 Å². The largest absolute Gasteiger partial charge is 0.267 e. The molecule has 0 heterocycles. The second-order valence-electron chi connectivity index (χ2n) is 4.40. The predicted molar refractivity (Wildman–Crippen MR) is 83.8 cm³/mol. The molecule has 0 radical (unpaired) electrons. The summed E-state index contributed by atoms with van der Waals surface area (Å²) in [5.74, 6) is -0.465. The molecule has 110 valence electrons. The summed E-state index contributed by atoms with van der Waals surface area (Å²) < 4.78 is 39.2. The Balaban J connectivity index is 2.30. The van der Waals surface area contributed by atoms with Crippen LogP contribution < -0.4 is 4.31 Å². The highest BCUT2D eigenvalue weighted by molar-refractivity contribution is 7.95. The van der Waals surface area contributed by atoms with Crippen LogP contribution in [0.5, 0.6) is 0 Å². The fourth-order valence-electron chi connectivity index (χ4n) is 1.94. The molecule has 0 aliphatic carbocycles. The van der Waals surface area contributed by atoms with Crippen LogP contribution in [-0.4, -0.2) is 15.0 Å². The summed E-state index contributed by atoms with van der Waals surface area (Å²) in [5, 5.41) is 1.14. The molecule has 21 heavy (non-hydrogen) atoms. The van der Waals surface area contributed by atoms with Gasteiger partial charge in [-0.05, 0) is 36.8 Å². The van der Waals surface area contributed by atoms with Gasteiger partial charge in [0.25, 0.3) is 10.0 Å². The number of benzene rings is 2. The molecule has 2 aromatic carbocycles. The highest BCUT2D eigenvalue weighted by Gasteiger charge is 2.18. The monoisotopic (exact) mass is 305 g/mol. The van der Waals surface area contributed by atoms with Crippen molar-refractivity contribution in [1.29, 1.82) is 0 Å². The van der Waals surface area contributed by atoms with Crippen molar-refractivity contribution in [2.24, 2.45) is 0 Å². The van der Waals surface area contributed by atoms with Crippen molar-refractivity contribution in [1.82, 2.24) is 0 Å². The lowest BCUT2D eigenvalue weighted by Crippen LogP contribution is -2.28. The first-order valence-corrected chi connectivity index (χ1v) is 8.04. The van der Waals surface area contributed by atoms with Crippen molar-refractivity contribution in [3.05, 3.63) is 71.4 Å². The SMILES string of the molecule is CCN(c1cccc(F)c1)S(=O)(=O)/C=C/c1ccccc1. The highest BCUT2D eigenvalue weighted by Crippen LogP contribution is 2.20. The maximum absolute atomic E-state index is 13.3. The molecular weight excluding hydrogens is 289 g/mol. The fourth-order valence-corrected chi connectivity index (χ4v) is 3.19. The minimum absolute atomic E-state index is 0.227. The molecule has 0 N–H and O–H groups in total. The topological polar surface area (TPSA) is 37.4 Å². The first kappa shape index (κ1) is 15.3. The molecule has 0 aromatic heterocycles. The number of sulfonamides is 1. The fraction of sp³-hybridized carbons (Fsp3) is 0.125. The number of hydrogen-bond acceptors (Lipinski definition) is 2. The normalized spacial score (nSPS) is 11.7. The molecule has 0 fully saturated rings. The molecule has 0 unspecified atom stereocenters. The first-order chi connectivity index (χ1) is 10.0. The molecule has 0 saturated carbocycles. The maximum atomic E-state index is 13.3. The highest BCUT2D eigenvalue weighted by atomic mass is 32.2. The number of halogens is 1. The van der Waals surface area contributed by atoms with Gasteiger partial charge in [-0.15, -0.1) is 0 Å². The lowest BCUT2D eigenvalue weighted by Gasteiger charge is -2.20. The summed E-state index contributed by atoms with van der Waals surface area (Å²) in [7, 11) is -3.65. The third kappa shape index (κ3) is 3.92. The summed E-state index contributed by atoms with van der Waals surface area (Å²) in [5.41, 5.74) is 1.10. The van der Waals surface area contributed by atoms with Crippen molar-refractivity contribution in [2.45, 2.75) is 6.92 Å². The Bertz CT molecular complexity index is 727. The summed E-state index contributed by atoms with van der Waals surface area (Å²) >= 11 is 0. The average molecular weight is 305 g/mol. The van der Waals surface area contributed by atoms with Crippen molar-refractivity contribution in [3.63, 3.8) is 0 Å². The van der Waals surface area contributed by atoms with Gasteiger partial charge >= 0.3 is 0 Å². The lowest BCUT2D eigenvalue weighted by molar-refractivity contribution is 0.600.